The van der Waals surface area contributed by atoms with Gasteiger partial charge in [0.2, 0.25) is 5.88 Å². The van der Waals surface area contributed by atoms with E-state index in [1.54, 1.807) is 19.2 Å². The maximum absolute atomic E-state index is 12.1. The minimum Gasteiger partial charge on any atom is -0.493 e. The Morgan fingerprint density at radius 1 is 1.50 bits per heavy atom. The fourth-order valence-electron chi connectivity index (χ4n) is 2.36. The van der Waals surface area contributed by atoms with Crippen molar-refractivity contribution < 1.29 is 14.6 Å². The first-order chi connectivity index (χ1) is 11.5. The summed E-state index contributed by atoms with van der Waals surface area (Å²) in [6.07, 6.45) is 3.32. The molecule has 0 bridgehead atoms. The standard InChI is InChI=1S/C16H15N3O4S/c1-3-23-15(21)9(2)19-14(20)13(24-16(19)22)7-10-4-5-12-11(6-10)8-17-18-12/h4-9,20H,3H2,1-2H3/b10-7+. The third-order valence-corrected chi connectivity index (χ3v) is 4.46. The summed E-state index contributed by atoms with van der Waals surface area (Å²) in [5.41, 5.74) is 0.870. The van der Waals surface area contributed by atoms with Crippen molar-refractivity contribution in [2.45, 2.75) is 19.9 Å². The number of hydrogen-bond acceptors (Lipinski definition) is 7. The summed E-state index contributed by atoms with van der Waals surface area (Å²) in [7, 11) is 0. The van der Waals surface area contributed by atoms with Crippen LogP contribution in [0.2, 0.25) is 0 Å². The summed E-state index contributed by atoms with van der Waals surface area (Å²) in [4.78, 5) is 23.9. The third-order valence-electron chi connectivity index (χ3n) is 3.57. The highest BCUT2D eigenvalue weighted by atomic mass is 32.1. The van der Waals surface area contributed by atoms with E-state index in [-0.39, 0.29) is 12.5 Å². The van der Waals surface area contributed by atoms with Crippen molar-refractivity contribution in [3.05, 3.63) is 48.9 Å². The molecule has 1 aromatic heterocycles. The van der Waals surface area contributed by atoms with Gasteiger partial charge in [-0.2, -0.15) is 10.2 Å². The Morgan fingerprint density at radius 2 is 2.29 bits per heavy atom. The molecule has 0 amide bonds. The molecule has 0 saturated heterocycles. The summed E-state index contributed by atoms with van der Waals surface area (Å²) in [5.74, 6) is -0.806. The molecule has 0 fully saturated rings. The van der Waals surface area contributed by atoms with Gasteiger partial charge in [-0.05, 0) is 37.3 Å². The molecule has 0 aliphatic carbocycles. The van der Waals surface area contributed by atoms with Crippen molar-refractivity contribution >= 4 is 29.6 Å². The van der Waals surface area contributed by atoms with Gasteiger partial charge < -0.3 is 9.84 Å². The van der Waals surface area contributed by atoms with Gasteiger partial charge >= 0.3 is 10.8 Å². The Kier molecular flexibility index (Phi) is 4.30. The van der Waals surface area contributed by atoms with Crippen LogP contribution in [0.25, 0.3) is 6.08 Å². The monoisotopic (exact) mass is 345 g/mol. The number of fused-ring (bicyclic) bond motifs is 1. The van der Waals surface area contributed by atoms with E-state index >= 15 is 0 Å². The Balaban J connectivity index is 2.02. The van der Waals surface area contributed by atoms with Crippen LogP contribution >= 0.6 is 11.3 Å². The second-order valence-corrected chi connectivity index (χ2v) is 6.15. The number of aromatic nitrogens is 1. The first-order valence-corrected chi connectivity index (χ1v) is 8.16. The highest BCUT2D eigenvalue weighted by Gasteiger charge is 2.23. The minimum atomic E-state index is -0.887. The Hall–Kier alpha value is -2.74. The van der Waals surface area contributed by atoms with Gasteiger partial charge in [-0.3, -0.25) is 9.36 Å². The van der Waals surface area contributed by atoms with Crippen molar-refractivity contribution in [1.82, 2.24) is 4.57 Å². The second kappa shape index (κ2) is 6.40. The van der Waals surface area contributed by atoms with Gasteiger partial charge in [-0.1, -0.05) is 17.4 Å². The molecule has 0 radical (unpaired) electrons. The van der Waals surface area contributed by atoms with Crippen LogP contribution < -0.4 is 15.4 Å². The zero-order valence-electron chi connectivity index (χ0n) is 13.1. The van der Waals surface area contributed by atoms with Crippen LogP contribution in [0.4, 0.5) is 0 Å². The van der Waals surface area contributed by atoms with E-state index < -0.39 is 16.9 Å². The number of nitrogens with zero attached hydrogens (tertiary/aromatic N) is 3. The van der Waals surface area contributed by atoms with Gasteiger partial charge in [-0.25, -0.2) is 4.79 Å². The van der Waals surface area contributed by atoms with E-state index in [1.165, 1.54) is 6.92 Å². The molecule has 24 heavy (non-hydrogen) atoms. The van der Waals surface area contributed by atoms with Gasteiger partial charge in [0.1, 0.15) is 6.04 Å². The Bertz CT molecular complexity index is 1000. The SMILES string of the molecule is CCOC(=O)C(C)n1c(O)c(/C=c2\ccc3c(c2)C=NN=3)sc1=O. The lowest BCUT2D eigenvalue weighted by Crippen LogP contribution is -2.25. The fourth-order valence-corrected chi connectivity index (χ4v) is 3.28. The van der Waals surface area contributed by atoms with Crippen LogP contribution in [-0.4, -0.2) is 28.5 Å². The van der Waals surface area contributed by atoms with Gasteiger partial charge in [-0.15, -0.1) is 0 Å². The number of thiazole rings is 1. The summed E-state index contributed by atoms with van der Waals surface area (Å²) in [6, 6.07) is 4.60. The molecule has 0 saturated carbocycles. The average molecular weight is 345 g/mol. The largest absolute Gasteiger partial charge is 0.493 e. The summed E-state index contributed by atoms with van der Waals surface area (Å²) < 4.78 is 5.95. The highest BCUT2D eigenvalue weighted by Crippen LogP contribution is 2.24. The molecular weight excluding hydrogens is 330 g/mol. The summed E-state index contributed by atoms with van der Waals surface area (Å²) in [6.45, 7) is 3.41. The summed E-state index contributed by atoms with van der Waals surface area (Å²) in [5, 5.41) is 19.7. The van der Waals surface area contributed by atoms with Gasteiger partial charge in [0.25, 0.3) is 0 Å². The Morgan fingerprint density at radius 3 is 3.04 bits per heavy atom. The molecule has 1 aromatic carbocycles. The number of esters is 1. The fraction of sp³-hybridized carbons (Fsp3) is 0.250. The van der Waals surface area contributed by atoms with E-state index in [1.807, 2.05) is 18.2 Å². The molecule has 0 spiro atoms. The lowest BCUT2D eigenvalue weighted by atomic mass is 10.2. The van der Waals surface area contributed by atoms with E-state index in [0.717, 1.165) is 32.0 Å². The average Bonchev–Trinajstić information content (AvgIpc) is 3.11. The molecule has 1 aliphatic rings. The van der Waals surface area contributed by atoms with Gasteiger partial charge in [0, 0.05) is 5.56 Å². The lowest BCUT2D eigenvalue weighted by Gasteiger charge is -2.11. The van der Waals surface area contributed by atoms with E-state index in [4.69, 9.17) is 4.74 Å². The van der Waals surface area contributed by atoms with Crippen LogP contribution in [0.5, 0.6) is 5.88 Å². The third kappa shape index (κ3) is 2.88. The second-order valence-electron chi connectivity index (χ2n) is 5.16. The normalized spacial score (nSPS) is 14.3. The van der Waals surface area contributed by atoms with Crippen LogP contribution in [0.3, 0.4) is 0 Å². The topological polar surface area (TPSA) is 93.2 Å². The van der Waals surface area contributed by atoms with Crippen LogP contribution in [0.15, 0.2) is 33.2 Å². The molecule has 3 rings (SSSR count). The Labute approximate surface area is 140 Å². The number of carbonyl (C=O) groups excluding carboxylic acids is 1. The number of aromatic hydroxyl groups is 1. The highest BCUT2D eigenvalue weighted by molar-refractivity contribution is 7.10. The van der Waals surface area contributed by atoms with Crippen molar-refractivity contribution in [2.75, 3.05) is 6.61 Å². The maximum Gasteiger partial charge on any atom is 0.329 e. The van der Waals surface area contributed by atoms with Crippen molar-refractivity contribution in [3.8, 4) is 5.88 Å². The molecule has 1 aliphatic heterocycles. The van der Waals surface area contributed by atoms with Crippen LogP contribution in [-0.2, 0) is 9.53 Å². The molecule has 2 aromatic rings. The zero-order valence-corrected chi connectivity index (χ0v) is 13.9. The predicted octanol–water partition coefficient (Wildman–Crippen LogP) is 0.535. The first kappa shape index (κ1) is 16.1. The number of ether oxygens (including phenoxy) is 1. The number of carbonyl (C=O) groups is 1. The van der Waals surface area contributed by atoms with Gasteiger partial charge in [0.05, 0.1) is 23.1 Å². The molecular formula is C16H15N3O4S. The summed E-state index contributed by atoms with van der Waals surface area (Å²) >= 11 is 0.870. The smallest absolute Gasteiger partial charge is 0.329 e. The molecule has 1 atom stereocenters. The quantitative estimate of drug-likeness (QED) is 0.818. The molecule has 1 N–H and O–H groups in total. The maximum atomic E-state index is 12.1. The molecule has 1 unspecified atom stereocenters. The first-order valence-electron chi connectivity index (χ1n) is 7.35. The molecule has 8 heteroatoms. The minimum absolute atomic E-state index is 0.212. The van der Waals surface area contributed by atoms with Crippen LogP contribution in [0.1, 0.15) is 30.3 Å². The molecule has 7 nitrogen and oxygen atoms in total. The van der Waals surface area contributed by atoms with E-state index in [9.17, 15) is 14.7 Å². The predicted molar refractivity (Wildman–Crippen MR) is 90.0 cm³/mol. The molecule has 2 heterocycles. The van der Waals surface area contributed by atoms with E-state index in [0.29, 0.717) is 4.88 Å². The zero-order chi connectivity index (χ0) is 17.3. The van der Waals surface area contributed by atoms with Crippen molar-refractivity contribution in [1.29, 1.82) is 0 Å². The van der Waals surface area contributed by atoms with E-state index in [2.05, 4.69) is 10.2 Å². The van der Waals surface area contributed by atoms with Gasteiger partial charge in [0.15, 0.2) is 0 Å². The lowest BCUT2D eigenvalue weighted by molar-refractivity contribution is -0.146. The van der Waals surface area contributed by atoms with Crippen molar-refractivity contribution in [3.63, 3.8) is 0 Å². The molecule has 124 valence electrons. The number of rotatable bonds is 4. The van der Waals surface area contributed by atoms with Crippen molar-refractivity contribution in [2.24, 2.45) is 10.2 Å². The number of benzene rings is 1. The van der Waals surface area contributed by atoms with Crippen LogP contribution in [0, 0.1) is 0 Å². The number of hydrogen-bond donors (Lipinski definition) is 1.